The van der Waals surface area contributed by atoms with Gasteiger partial charge in [0.05, 0.1) is 11.4 Å². The average Bonchev–Trinajstić information content (AvgIpc) is 2.98. The lowest BCUT2D eigenvalue weighted by Crippen LogP contribution is -2.28. The maximum atomic E-state index is 13.2. The van der Waals surface area contributed by atoms with E-state index in [2.05, 4.69) is 10.2 Å². The Morgan fingerprint density at radius 1 is 0.806 bits per heavy atom. The number of aromatic nitrogens is 2. The zero-order chi connectivity index (χ0) is 25.6. The van der Waals surface area contributed by atoms with Crippen LogP contribution in [0, 0.1) is 0 Å². The van der Waals surface area contributed by atoms with Crippen molar-refractivity contribution in [2.75, 3.05) is 26.2 Å². The van der Waals surface area contributed by atoms with E-state index in [0.717, 1.165) is 61.7 Å². The number of halogens is 6. The normalized spacial score (nSPS) is 17.5. The van der Waals surface area contributed by atoms with Crippen LogP contribution in [0.4, 0.5) is 19.4 Å². The molecule has 192 valence electrons. The van der Waals surface area contributed by atoms with Crippen LogP contribution in [0.5, 0.6) is 0 Å². The highest BCUT2D eigenvalue weighted by molar-refractivity contribution is 8.45. The standard InChI is InChI=1S/C25H24ClF5N4S/c26-21-7-2-19(3-8-21)25-23(17-34-14-1-12-32-13-15-34)35-16-20(6-11-24(35)33-25)18-4-9-22(10-5-18)36(27,28,29,30)31/h2-11,16,32H,1,12-15,17H2. The second-order valence-electron chi connectivity index (χ2n) is 8.93. The van der Waals surface area contributed by atoms with Gasteiger partial charge in [-0.25, -0.2) is 4.98 Å². The molecule has 11 heteroatoms. The van der Waals surface area contributed by atoms with Crippen LogP contribution in [-0.4, -0.2) is 40.5 Å². The Kier molecular flexibility index (Phi) is 5.86. The van der Waals surface area contributed by atoms with E-state index in [0.29, 0.717) is 40.5 Å². The van der Waals surface area contributed by atoms with Crippen molar-refractivity contribution in [1.82, 2.24) is 19.6 Å². The van der Waals surface area contributed by atoms with E-state index in [1.165, 1.54) is 0 Å². The molecular formula is C25H24ClF5N4S. The third-order valence-electron chi connectivity index (χ3n) is 6.27. The largest absolute Gasteiger partial charge is 0.315 e. The van der Waals surface area contributed by atoms with Gasteiger partial charge in [0.1, 0.15) is 10.5 Å². The number of fused-ring (bicyclic) bond motifs is 1. The predicted octanol–water partition coefficient (Wildman–Crippen LogP) is 7.77. The number of rotatable bonds is 5. The molecule has 36 heavy (non-hydrogen) atoms. The van der Waals surface area contributed by atoms with E-state index >= 15 is 0 Å². The molecule has 0 atom stereocenters. The van der Waals surface area contributed by atoms with E-state index in [4.69, 9.17) is 16.6 Å². The number of imidazole rings is 1. The minimum Gasteiger partial charge on any atom is -0.315 e. The maximum Gasteiger partial charge on any atom is 0.310 e. The quantitative estimate of drug-likeness (QED) is 0.261. The summed E-state index contributed by atoms with van der Waals surface area (Å²) in [6.07, 6.45) is 2.80. The fourth-order valence-electron chi connectivity index (χ4n) is 4.43. The van der Waals surface area contributed by atoms with Crippen LogP contribution in [0.1, 0.15) is 12.1 Å². The van der Waals surface area contributed by atoms with Crippen molar-refractivity contribution in [3.05, 3.63) is 77.6 Å². The monoisotopic (exact) mass is 542 g/mol. The Morgan fingerprint density at radius 2 is 1.47 bits per heavy atom. The Morgan fingerprint density at radius 3 is 2.17 bits per heavy atom. The molecule has 0 bridgehead atoms. The van der Waals surface area contributed by atoms with Crippen molar-refractivity contribution >= 4 is 27.5 Å². The number of pyridine rings is 1. The van der Waals surface area contributed by atoms with Crippen molar-refractivity contribution in [1.29, 1.82) is 0 Å². The second-order valence-corrected chi connectivity index (χ2v) is 11.8. The molecule has 1 aliphatic heterocycles. The third-order valence-corrected chi connectivity index (χ3v) is 7.69. The zero-order valence-electron chi connectivity index (χ0n) is 19.1. The molecule has 0 aliphatic carbocycles. The first-order valence-electron chi connectivity index (χ1n) is 11.4. The van der Waals surface area contributed by atoms with Crippen molar-refractivity contribution in [2.24, 2.45) is 0 Å². The molecule has 0 saturated carbocycles. The summed E-state index contributed by atoms with van der Waals surface area (Å²) in [4.78, 5) is 5.27. The lowest BCUT2D eigenvalue weighted by Gasteiger charge is -2.40. The van der Waals surface area contributed by atoms with E-state index in [1.807, 2.05) is 16.5 Å². The molecule has 3 heterocycles. The molecule has 1 aliphatic rings. The molecule has 1 saturated heterocycles. The topological polar surface area (TPSA) is 32.6 Å². The number of hydrogen-bond donors (Lipinski definition) is 1. The average molecular weight is 543 g/mol. The smallest absolute Gasteiger partial charge is 0.310 e. The van der Waals surface area contributed by atoms with Gasteiger partial charge in [-0.3, -0.25) is 4.90 Å². The second kappa shape index (κ2) is 8.44. The molecule has 1 fully saturated rings. The Labute approximate surface area is 210 Å². The van der Waals surface area contributed by atoms with E-state index in [1.54, 1.807) is 30.5 Å². The molecule has 0 radical (unpaired) electrons. The lowest BCUT2D eigenvalue weighted by atomic mass is 10.1. The van der Waals surface area contributed by atoms with Gasteiger partial charge >= 0.3 is 10.2 Å². The van der Waals surface area contributed by atoms with E-state index in [-0.39, 0.29) is 0 Å². The minimum absolute atomic E-state index is 0.397. The molecule has 1 N–H and O–H groups in total. The Bertz CT molecular complexity index is 1400. The van der Waals surface area contributed by atoms with Gasteiger partial charge in [0, 0.05) is 36.4 Å². The summed E-state index contributed by atoms with van der Waals surface area (Å²) in [5.74, 6) is 0. The molecule has 0 spiro atoms. The maximum absolute atomic E-state index is 13.2. The summed E-state index contributed by atoms with van der Waals surface area (Å²) < 4.78 is 67.7. The zero-order valence-corrected chi connectivity index (χ0v) is 20.7. The van der Waals surface area contributed by atoms with Crippen LogP contribution in [0.3, 0.4) is 0 Å². The first kappa shape index (κ1) is 25.0. The van der Waals surface area contributed by atoms with Gasteiger partial charge in [-0.2, -0.15) is 0 Å². The lowest BCUT2D eigenvalue weighted by molar-refractivity contribution is 0.281. The molecule has 0 amide bonds. The van der Waals surface area contributed by atoms with Crippen LogP contribution in [-0.2, 0) is 6.54 Å². The Balaban J connectivity index is 1.59. The SMILES string of the molecule is FS(F)(F)(F)(F)c1ccc(-c2ccc3nc(-c4ccc(Cl)cc4)c(CN4CCCNCC4)n3c2)cc1. The highest BCUT2D eigenvalue weighted by Gasteiger charge is 2.65. The molecule has 4 aromatic rings. The number of hydrogen-bond acceptors (Lipinski definition) is 3. The van der Waals surface area contributed by atoms with Crippen LogP contribution >= 0.6 is 21.8 Å². The van der Waals surface area contributed by atoms with Crippen molar-refractivity contribution < 1.29 is 19.4 Å². The van der Waals surface area contributed by atoms with Gasteiger partial charge in [-0.05, 0) is 67.0 Å². The highest BCUT2D eigenvalue weighted by atomic mass is 35.5. The minimum atomic E-state index is -9.73. The van der Waals surface area contributed by atoms with Gasteiger partial charge in [-0.1, -0.05) is 55.3 Å². The summed E-state index contributed by atoms with van der Waals surface area (Å²) in [6, 6.07) is 13.9. The third kappa shape index (κ3) is 5.36. The van der Waals surface area contributed by atoms with Gasteiger partial charge in [0.15, 0.2) is 0 Å². The molecule has 5 rings (SSSR count). The summed E-state index contributed by atoms with van der Waals surface area (Å²) in [5.41, 5.74) is 4.28. The van der Waals surface area contributed by atoms with Crippen LogP contribution in [0.25, 0.3) is 28.0 Å². The van der Waals surface area contributed by atoms with Gasteiger partial charge in [0.25, 0.3) is 0 Å². The number of benzene rings is 2. The fourth-order valence-corrected chi connectivity index (χ4v) is 5.21. The van der Waals surface area contributed by atoms with Crippen molar-refractivity contribution in [2.45, 2.75) is 17.9 Å². The molecular weight excluding hydrogens is 519 g/mol. The molecule has 2 aromatic heterocycles. The summed E-state index contributed by atoms with van der Waals surface area (Å²) in [5, 5.41) is 4.00. The first-order valence-corrected chi connectivity index (χ1v) is 13.7. The summed E-state index contributed by atoms with van der Waals surface area (Å²) in [7, 11) is -9.73. The number of nitrogens with zero attached hydrogens (tertiary/aromatic N) is 3. The fraction of sp³-hybridized carbons (Fsp3) is 0.240. The Hall–Kier alpha value is -2.66. The first-order chi connectivity index (χ1) is 16.9. The van der Waals surface area contributed by atoms with E-state index < -0.39 is 15.1 Å². The van der Waals surface area contributed by atoms with Crippen LogP contribution in [0.15, 0.2) is 71.8 Å². The molecule has 0 unspecified atom stereocenters. The molecule has 2 aromatic carbocycles. The van der Waals surface area contributed by atoms with Crippen LogP contribution in [0.2, 0.25) is 5.02 Å². The van der Waals surface area contributed by atoms with Gasteiger partial charge in [0.2, 0.25) is 0 Å². The van der Waals surface area contributed by atoms with Gasteiger partial charge in [-0.15, -0.1) is 0 Å². The van der Waals surface area contributed by atoms with Gasteiger partial charge < -0.3 is 9.72 Å². The summed E-state index contributed by atoms with van der Waals surface area (Å²) in [6.45, 7) is 4.22. The highest BCUT2D eigenvalue weighted by Crippen LogP contribution is 3.02. The summed E-state index contributed by atoms with van der Waals surface area (Å²) >= 11 is 6.08. The predicted molar refractivity (Wildman–Crippen MR) is 135 cm³/mol. The molecule has 4 nitrogen and oxygen atoms in total. The van der Waals surface area contributed by atoms with E-state index in [9.17, 15) is 19.4 Å². The number of nitrogens with one attached hydrogen (secondary N) is 1. The van der Waals surface area contributed by atoms with Crippen molar-refractivity contribution in [3.63, 3.8) is 0 Å². The van der Waals surface area contributed by atoms with Crippen LogP contribution < -0.4 is 5.32 Å². The van der Waals surface area contributed by atoms with Crippen molar-refractivity contribution in [3.8, 4) is 22.4 Å².